The van der Waals surface area contributed by atoms with Crippen molar-refractivity contribution in [1.29, 1.82) is 0 Å². The molecule has 1 aromatic carbocycles. The Morgan fingerprint density at radius 3 is 2.58 bits per heavy atom. The van der Waals surface area contributed by atoms with E-state index in [-0.39, 0.29) is 6.04 Å². The highest BCUT2D eigenvalue weighted by Crippen LogP contribution is 2.18. The number of likely N-dealkylation sites (N-methyl/N-ethyl adjacent to an activating group) is 1. The van der Waals surface area contributed by atoms with Gasteiger partial charge in [0.1, 0.15) is 5.82 Å². The highest BCUT2D eigenvalue weighted by atomic mass is 79.9. The molecule has 0 aliphatic heterocycles. The molecule has 0 aliphatic rings. The minimum atomic E-state index is 0.230. The van der Waals surface area contributed by atoms with Crippen LogP contribution in [0.3, 0.4) is 0 Å². The summed E-state index contributed by atoms with van der Waals surface area (Å²) in [7, 11) is 0. The molecule has 100 valence electrons. The predicted octanol–water partition coefficient (Wildman–Crippen LogP) is 3.44. The second-order valence-corrected chi connectivity index (χ2v) is 5.39. The lowest BCUT2D eigenvalue weighted by atomic mass is 10.0. The van der Waals surface area contributed by atoms with Gasteiger partial charge in [-0.25, -0.2) is 9.97 Å². The molecule has 3 nitrogen and oxygen atoms in total. The fourth-order valence-corrected chi connectivity index (χ4v) is 2.32. The zero-order chi connectivity index (χ0) is 13.7. The van der Waals surface area contributed by atoms with Crippen LogP contribution in [0.2, 0.25) is 0 Å². The molecule has 0 aliphatic carbocycles. The Kier molecular flexibility index (Phi) is 5.05. The zero-order valence-electron chi connectivity index (χ0n) is 11.2. The van der Waals surface area contributed by atoms with Crippen molar-refractivity contribution in [3.63, 3.8) is 0 Å². The highest BCUT2D eigenvalue weighted by molar-refractivity contribution is 9.10. The maximum Gasteiger partial charge on any atom is 0.125 e. The zero-order valence-corrected chi connectivity index (χ0v) is 12.8. The molecule has 0 saturated heterocycles. The second kappa shape index (κ2) is 6.78. The fourth-order valence-electron chi connectivity index (χ4n) is 2.05. The van der Waals surface area contributed by atoms with Crippen molar-refractivity contribution in [3.05, 3.63) is 58.1 Å². The van der Waals surface area contributed by atoms with Gasteiger partial charge in [-0.15, -0.1) is 0 Å². The number of aromatic nitrogens is 2. The summed E-state index contributed by atoms with van der Waals surface area (Å²) in [5.74, 6) is 0.816. The van der Waals surface area contributed by atoms with E-state index in [1.54, 1.807) is 0 Å². The summed E-state index contributed by atoms with van der Waals surface area (Å²) in [6, 6.07) is 10.6. The van der Waals surface area contributed by atoms with Crippen molar-refractivity contribution in [2.24, 2.45) is 0 Å². The lowest BCUT2D eigenvalue weighted by molar-refractivity contribution is 0.534. The molecule has 2 rings (SSSR count). The van der Waals surface area contributed by atoms with E-state index >= 15 is 0 Å². The van der Waals surface area contributed by atoms with Crippen LogP contribution in [0.1, 0.15) is 30.0 Å². The molecular weight excluding hydrogens is 302 g/mol. The molecule has 2 aromatic rings. The van der Waals surface area contributed by atoms with Gasteiger partial charge in [-0.3, -0.25) is 0 Å². The summed E-state index contributed by atoms with van der Waals surface area (Å²) in [5, 5.41) is 3.49. The number of hydrogen-bond acceptors (Lipinski definition) is 3. The van der Waals surface area contributed by atoms with Crippen LogP contribution in [0.5, 0.6) is 0 Å². The SMILES string of the molecule is CCNC(Cc1ccc(Br)cc1)c1ccnc(C)n1. The fraction of sp³-hybridized carbons (Fsp3) is 0.333. The molecule has 4 heteroatoms. The Balaban J connectivity index is 2.18. The van der Waals surface area contributed by atoms with E-state index in [1.165, 1.54) is 5.56 Å². The summed E-state index contributed by atoms with van der Waals surface area (Å²) < 4.78 is 1.11. The standard InChI is InChI=1S/C15H18BrN3/c1-3-17-15(14-8-9-18-11(2)19-14)10-12-4-6-13(16)7-5-12/h4-9,15,17H,3,10H2,1-2H3. The van der Waals surface area contributed by atoms with Gasteiger partial charge in [-0.05, 0) is 43.7 Å². The predicted molar refractivity (Wildman–Crippen MR) is 81.0 cm³/mol. The maximum atomic E-state index is 4.52. The van der Waals surface area contributed by atoms with Crippen LogP contribution in [0.15, 0.2) is 41.0 Å². The first kappa shape index (κ1) is 14.2. The average molecular weight is 320 g/mol. The Labute approximate surface area is 122 Å². The van der Waals surface area contributed by atoms with Crippen LogP contribution in [-0.2, 0) is 6.42 Å². The Hall–Kier alpha value is -1.26. The second-order valence-electron chi connectivity index (χ2n) is 4.47. The summed E-state index contributed by atoms with van der Waals surface area (Å²) >= 11 is 3.46. The molecule has 0 amide bonds. The van der Waals surface area contributed by atoms with Crippen LogP contribution >= 0.6 is 15.9 Å². The smallest absolute Gasteiger partial charge is 0.125 e. The van der Waals surface area contributed by atoms with E-state index in [4.69, 9.17) is 0 Å². The molecule has 19 heavy (non-hydrogen) atoms. The van der Waals surface area contributed by atoms with E-state index < -0.39 is 0 Å². The number of rotatable bonds is 5. The van der Waals surface area contributed by atoms with Gasteiger partial charge < -0.3 is 5.32 Å². The summed E-state index contributed by atoms with van der Waals surface area (Å²) in [4.78, 5) is 8.68. The quantitative estimate of drug-likeness (QED) is 0.917. The molecular formula is C15H18BrN3. The van der Waals surface area contributed by atoms with E-state index in [2.05, 4.69) is 62.4 Å². The largest absolute Gasteiger partial charge is 0.309 e. The Bertz CT molecular complexity index is 525. The molecule has 0 bridgehead atoms. The number of nitrogens with one attached hydrogen (secondary N) is 1. The molecule has 1 atom stereocenters. The molecule has 0 radical (unpaired) electrons. The van der Waals surface area contributed by atoms with Crippen LogP contribution in [-0.4, -0.2) is 16.5 Å². The lowest BCUT2D eigenvalue weighted by Crippen LogP contribution is -2.24. The third-order valence-electron chi connectivity index (χ3n) is 2.96. The number of benzene rings is 1. The molecule has 1 unspecified atom stereocenters. The van der Waals surface area contributed by atoms with Gasteiger partial charge in [0.15, 0.2) is 0 Å². The molecule has 0 fully saturated rings. The Morgan fingerprint density at radius 1 is 1.21 bits per heavy atom. The molecule has 1 aromatic heterocycles. The topological polar surface area (TPSA) is 37.8 Å². The first-order chi connectivity index (χ1) is 9.19. The van der Waals surface area contributed by atoms with Gasteiger partial charge in [-0.2, -0.15) is 0 Å². The van der Waals surface area contributed by atoms with Crippen molar-refractivity contribution in [2.75, 3.05) is 6.54 Å². The maximum absolute atomic E-state index is 4.52. The van der Waals surface area contributed by atoms with Crippen LogP contribution in [0.25, 0.3) is 0 Å². The van der Waals surface area contributed by atoms with Gasteiger partial charge in [0.2, 0.25) is 0 Å². The number of nitrogens with zero attached hydrogens (tertiary/aromatic N) is 2. The highest BCUT2D eigenvalue weighted by Gasteiger charge is 2.12. The monoisotopic (exact) mass is 319 g/mol. The van der Waals surface area contributed by atoms with E-state index in [0.29, 0.717) is 0 Å². The van der Waals surface area contributed by atoms with Crippen LogP contribution in [0, 0.1) is 6.92 Å². The summed E-state index contributed by atoms with van der Waals surface area (Å²) in [6.45, 7) is 4.96. The Morgan fingerprint density at radius 2 is 1.95 bits per heavy atom. The van der Waals surface area contributed by atoms with Gasteiger partial charge in [0, 0.05) is 10.7 Å². The lowest BCUT2D eigenvalue weighted by Gasteiger charge is -2.17. The van der Waals surface area contributed by atoms with Gasteiger partial charge in [0.25, 0.3) is 0 Å². The summed E-state index contributed by atoms with van der Waals surface area (Å²) in [5.41, 5.74) is 2.35. The first-order valence-electron chi connectivity index (χ1n) is 6.46. The van der Waals surface area contributed by atoms with Crippen molar-refractivity contribution in [2.45, 2.75) is 26.3 Å². The van der Waals surface area contributed by atoms with Crippen molar-refractivity contribution < 1.29 is 0 Å². The number of hydrogen-bond donors (Lipinski definition) is 1. The molecule has 1 N–H and O–H groups in total. The van der Waals surface area contributed by atoms with Gasteiger partial charge in [-0.1, -0.05) is 35.0 Å². The minimum Gasteiger partial charge on any atom is -0.309 e. The number of aryl methyl sites for hydroxylation is 1. The van der Waals surface area contributed by atoms with Crippen LogP contribution < -0.4 is 5.32 Å². The first-order valence-corrected chi connectivity index (χ1v) is 7.25. The minimum absolute atomic E-state index is 0.230. The van der Waals surface area contributed by atoms with E-state index in [1.807, 2.05) is 19.2 Å². The van der Waals surface area contributed by atoms with Crippen molar-refractivity contribution in [1.82, 2.24) is 15.3 Å². The van der Waals surface area contributed by atoms with Crippen molar-refractivity contribution >= 4 is 15.9 Å². The third-order valence-corrected chi connectivity index (χ3v) is 3.49. The van der Waals surface area contributed by atoms with Crippen LogP contribution in [0.4, 0.5) is 0 Å². The third kappa shape index (κ3) is 4.11. The van der Waals surface area contributed by atoms with E-state index in [0.717, 1.165) is 29.0 Å². The van der Waals surface area contributed by atoms with Gasteiger partial charge in [0.05, 0.1) is 11.7 Å². The van der Waals surface area contributed by atoms with E-state index in [9.17, 15) is 0 Å². The van der Waals surface area contributed by atoms with Gasteiger partial charge >= 0.3 is 0 Å². The number of halogens is 1. The normalized spacial score (nSPS) is 12.4. The summed E-state index contributed by atoms with van der Waals surface area (Å²) in [6.07, 6.45) is 2.75. The molecule has 0 spiro atoms. The molecule has 0 saturated carbocycles. The average Bonchev–Trinajstić information content (AvgIpc) is 2.41. The molecule has 1 heterocycles. The van der Waals surface area contributed by atoms with Crippen molar-refractivity contribution in [3.8, 4) is 0 Å².